The van der Waals surface area contributed by atoms with Crippen molar-refractivity contribution in [3.8, 4) is 0 Å². The van der Waals surface area contributed by atoms with Gasteiger partial charge in [0.1, 0.15) is 6.17 Å². The van der Waals surface area contributed by atoms with Crippen molar-refractivity contribution in [3.05, 3.63) is 34.4 Å². The molecular formula is C13H15F. The van der Waals surface area contributed by atoms with Gasteiger partial charge in [0.2, 0.25) is 0 Å². The highest BCUT2D eigenvalue weighted by Gasteiger charge is 2.37. The zero-order chi connectivity index (χ0) is 9.71. The molecular weight excluding hydrogens is 175 g/mol. The largest absolute Gasteiger partial charge is 0.242 e. The van der Waals surface area contributed by atoms with Gasteiger partial charge in [-0.1, -0.05) is 17.7 Å². The molecule has 3 aliphatic carbocycles. The van der Waals surface area contributed by atoms with Gasteiger partial charge in [0.25, 0.3) is 0 Å². The van der Waals surface area contributed by atoms with E-state index in [2.05, 4.69) is 19.1 Å². The molecule has 0 aromatic heterocycles. The Balaban J connectivity index is 2.13. The maximum absolute atomic E-state index is 14.1. The van der Waals surface area contributed by atoms with Gasteiger partial charge < -0.3 is 0 Å². The highest BCUT2D eigenvalue weighted by atomic mass is 19.1. The Morgan fingerprint density at radius 3 is 3.00 bits per heavy atom. The molecule has 0 aliphatic heterocycles. The molecule has 0 aromatic rings. The third-order valence-electron chi connectivity index (χ3n) is 3.93. The van der Waals surface area contributed by atoms with Crippen molar-refractivity contribution in [3.63, 3.8) is 0 Å². The second-order valence-corrected chi connectivity index (χ2v) is 4.57. The quantitative estimate of drug-likeness (QED) is 0.511. The van der Waals surface area contributed by atoms with Crippen molar-refractivity contribution in [2.75, 3.05) is 0 Å². The lowest BCUT2D eigenvalue weighted by atomic mass is 9.80. The first kappa shape index (κ1) is 8.46. The Morgan fingerprint density at radius 2 is 2.14 bits per heavy atom. The zero-order valence-electron chi connectivity index (χ0n) is 8.52. The number of hydrogen-bond donors (Lipinski definition) is 0. The molecule has 14 heavy (non-hydrogen) atoms. The topological polar surface area (TPSA) is 0 Å². The van der Waals surface area contributed by atoms with Gasteiger partial charge in [-0.05, 0) is 49.3 Å². The molecule has 0 N–H and O–H groups in total. The third-order valence-corrected chi connectivity index (χ3v) is 3.93. The lowest BCUT2D eigenvalue weighted by Gasteiger charge is -2.27. The predicted octanol–water partition coefficient (Wildman–Crippen LogP) is 3.71. The standard InChI is InChI=1S/C13H15F/c1-8-9-4-2-6-11(9)13(14)12-7-3-5-10(8)12/h2,6,11,13H,3-5,7H2,1H3. The van der Waals surface area contributed by atoms with Crippen LogP contribution in [0.1, 0.15) is 32.6 Å². The average Bonchev–Trinajstić information content (AvgIpc) is 2.82. The fourth-order valence-electron chi connectivity index (χ4n) is 3.18. The molecule has 0 bridgehead atoms. The van der Waals surface area contributed by atoms with Gasteiger partial charge in [-0.2, -0.15) is 0 Å². The number of rotatable bonds is 0. The fraction of sp³-hybridized carbons (Fsp3) is 0.538. The van der Waals surface area contributed by atoms with E-state index in [1.54, 1.807) is 0 Å². The molecule has 0 saturated heterocycles. The summed E-state index contributed by atoms with van der Waals surface area (Å²) in [7, 11) is 0. The average molecular weight is 190 g/mol. The van der Waals surface area contributed by atoms with Gasteiger partial charge in [0, 0.05) is 5.92 Å². The Bertz CT molecular complexity index is 371. The van der Waals surface area contributed by atoms with Crippen LogP contribution in [-0.4, -0.2) is 6.17 Å². The minimum Gasteiger partial charge on any atom is -0.242 e. The van der Waals surface area contributed by atoms with Crippen molar-refractivity contribution < 1.29 is 4.39 Å². The van der Waals surface area contributed by atoms with Gasteiger partial charge in [-0.25, -0.2) is 4.39 Å². The molecule has 0 fully saturated rings. The van der Waals surface area contributed by atoms with E-state index >= 15 is 0 Å². The minimum absolute atomic E-state index is 0.0897. The predicted molar refractivity (Wildman–Crippen MR) is 55.7 cm³/mol. The number of fused-ring (bicyclic) bond motifs is 1. The molecule has 2 unspecified atom stereocenters. The Hall–Kier alpha value is -0.850. The minimum atomic E-state index is -0.704. The molecule has 3 aliphatic rings. The number of allylic oxidation sites excluding steroid dienone is 6. The molecule has 0 amide bonds. The van der Waals surface area contributed by atoms with E-state index in [1.807, 2.05) is 0 Å². The first-order valence-electron chi connectivity index (χ1n) is 5.51. The van der Waals surface area contributed by atoms with Gasteiger partial charge in [-0.3, -0.25) is 0 Å². The first-order chi connectivity index (χ1) is 6.79. The fourth-order valence-corrected chi connectivity index (χ4v) is 3.18. The maximum Gasteiger partial charge on any atom is 0.132 e. The van der Waals surface area contributed by atoms with Crippen LogP contribution >= 0.6 is 0 Å². The molecule has 0 aromatic carbocycles. The van der Waals surface area contributed by atoms with Gasteiger partial charge in [-0.15, -0.1) is 0 Å². The molecule has 3 rings (SSSR count). The normalized spacial score (nSPS) is 35.3. The molecule has 2 atom stereocenters. The van der Waals surface area contributed by atoms with Crippen molar-refractivity contribution in [1.29, 1.82) is 0 Å². The molecule has 0 heterocycles. The second-order valence-electron chi connectivity index (χ2n) is 4.57. The molecule has 0 nitrogen and oxygen atoms in total. The summed E-state index contributed by atoms with van der Waals surface area (Å²) in [4.78, 5) is 0. The number of hydrogen-bond acceptors (Lipinski definition) is 0. The van der Waals surface area contributed by atoms with E-state index in [0.717, 1.165) is 31.3 Å². The summed E-state index contributed by atoms with van der Waals surface area (Å²) in [6.07, 6.45) is 7.72. The molecule has 74 valence electrons. The van der Waals surface area contributed by atoms with Gasteiger partial charge in [0.15, 0.2) is 0 Å². The van der Waals surface area contributed by atoms with Crippen LogP contribution in [0.2, 0.25) is 0 Å². The van der Waals surface area contributed by atoms with Crippen LogP contribution in [0.15, 0.2) is 34.4 Å². The summed E-state index contributed by atoms with van der Waals surface area (Å²) in [5, 5.41) is 0. The van der Waals surface area contributed by atoms with Crippen LogP contribution in [0.4, 0.5) is 4.39 Å². The van der Waals surface area contributed by atoms with E-state index in [-0.39, 0.29) is 5.92 Å². The summed E-state index contributed by atoms with van der Waals surface area (Å²) in [6.45, 7) is 2.18. The van der Waals surface area contributed by atoms with E-state index in [4.69, 9.17) is 0 Å². The number of halogens is 1. The van der Waals surface area contributed by atoms with Gasteiger partial charge >= 0.3 is 0 Å². The van der Waals surface area contributed by atoms with Crippen molar-refractivity contribution in [2.45, 2.75) is 38.8 Å². The van der Waals surface area contributed by atoms with Crippen LogP contribution in [0, 0.1) is 5.92 Å². The molecule has 0 radical (unpaired) electrons. The smallest absolute Gasteiger partial charge is 0.132 e. The van der Waals surface area contributed by atoms with Crippen molar-refractivity contribution in [2.24, 2.45) is 5.92 Å². The third kappa shape index (κ3) is 0.930. The van der Waals surface area contributed by atoms with Crippen molar-refractivity contribution >= 4 is 0 Å². The second kappa shape index (κ2) is 2.82. The Labute approximate surface area is 84.2 Å². The lowest BCUT2D eigenvalue weighted by molar-refractivity contribution is 0.322. The Morgan fingerprint density at radius 1 is 1.29 bits per heavy atom. The van der Waals surface area contributed by atoms with E-state index < -0.39 is 6.17 Å². The van der Waals surface area contributed by atoms with Gasteiger partial charge in [0.05, 0.1) is 0 Å². The monoisotopic (exact) mass is 190 g/mol. The zero-order valence-corrected chi connectivity index (χ0v) is 8.52. The van der Waals surface area contributed by atoms with Crippen LogP contribution in [0.3, 0.4) is 0 Å². The molecule has 0 saturated carbocycles. The van der Waals surface area contributed by atoms with E-state index in [1.165, 1.54) is 16.7 Å². The summed E-state index contributed by atoms with van der Waals surface area (Å²) in [6, 6.07) is 0. The summed E-state index contributed by atoms with van der Waals surface area (Å²) >= 11 is 0. The number of alkyl halides is 1. The van der Waals surface area contributed by atoms with Crippen molar-refractivity contribution in [1.82, 2.24) is 0 Å². The van der Waals surface area contributed by atoms with Crippen LogP contribution in [0.5, 0.6) is 0 Å². The van der Waals surface area contributed by atoms with E-state index in [0.29, 0.717) is 0 Å². The summed E-state index contributed by atoms with van der Waals surface area (Å²) in [5.74, 6) is 0.0897. The first-order valence-corrected chi connectivity index (χ1v) is 5.51. The summed E-state index contributed by atoms with van der Waals surface area (Å²) in [5.41, 5.74) is 5.22. The highest BCUT2D eigenvalue weighted by molar-refractivity contribution is 5.50. The SMILES string of the molecule is CC1=C2CC=CC2C(F)C2=C1CCC2. The van der Waals surface area contributed by atoms with E-state index in [9.17, 15) is 4.39 Å². The highest BCUT2D eigenvalue weighted by Crippen LogP contribution is 2.47. The van der Waals surface area contributed by atoms with Crippen LogP contribution < -0.4 is 0 Å². The lowest BCUT2D eigenvalue weighted by Crippen LogP contribution is -2.21. The molecule has 0 spiro atoms. The van der Waals surface area contributed by atoms with Crippen LogP contribution in [-0.2, 0) is 0 Å². The van der Waals surface area contributed by atoms with Crippen LogP contribution in [0.25, 0.3) is 0 Å². The molecule has 1 heteroatoms. The maximum atomic E-state index is 14.1. The Kier molecular flexibility index (Phi) is 1.70. The summed E-state index contributed by atoms with van der Waals surface area (Å²) < 4.78 is 14.1.